The Labute approximate surface area is 131 Å². The number of β-amino-alcohol motifs (C(OH)–C–C–N with tert-alkyl or cyclic N) is 1. The van der Waals surface area contributed by atoms with Gasteiger partial charge < -0.3 is 14.9 Å². The van der Waals surface area contributed by atoms with E-state index in [9.17, 15) is 9.50 Å². The van der Waals surface area contributed by atoms with E-state index in [1.807, 2.05) is 6.07 Å². The van der Waals surface area contributed by atoms with Crippen molar-refractivity contribution in [2.75, 3.05) is 58.3 Å². The first-order valence-electron chi connectivity index (χ1n) is 7.50. The monoisotopic (exact) mass is 306 g/mol. The highest BCUT2D eigenvalue weighted by atomic mass is 19.1. The van der Waals surface area contributed by atoms with E-state index in [1.54, 1.807) is 24.1 Å². The summed E-state index contributed by atoms with van der Waals surface area (Å²) in [5.74, 6) is -0.527. The fourth-order valence-electron chi connectivity index (χ4n) is 2.74. The number of halogens is 1. The molecule has 1 aliphatic rings. The molecule has 120 valence electrons. The Hall–Kier alpha value is -1.68. The number of aliphatic hydroxyl groups is 1. The van der Waals surface area contributed by atoms with E-state index < -0.39 is 11.9 Å². The molecule has 0 radical (unpaired) electrons. The molecule has 0 spiro atoms. The third kappa shape index (κ3) is 4.17. The number of piperazine rings is 1. The lowest BCUT2D eigenvalue weighted by atomic mass is 10.1. The lowest BCUT2D eigenvalue weighted by Crippen LogP contribution is -2.48. The molecular formula is C16H23FN4O. The molecule has 22 heavy (non-hydrogen) atoms. The number of hydrogen-bond donors (Lipinski definition) is 1. The van der Waals surface area contributed by atoms with Crippen LogP contribution < -0.4 is 4.90 Å². The molecule has 1 aromatic carbocycles. The SMILES string of the molecule is CN1CCN(C[C@H](O)CN(C)c2cccc(F)c2C#N)CC1. The van der Waals surface area contributed by atoms with Gasteiger partial charge in [0.1, 0.15) is 17.4 Å². The van der Waals surface area contributed by atoms with Crippen molar-refractivity contribution in [2.45, 2.75) is 6.10 Å². The Morgan fingerprint density at radius 2 is 2.05 bits per heavy atom. The Balaban J connectivity index is 1.93. The summed E-state index contributed by atoms with van der Waals surface area (Å²) in [4.78, 5) is 6.23. The van der Waals surface area contributed by atoms with Crippen molar-refractivity contribution >= 4 is 5.69 Å². The normalized spacial score (nSPS) is 18.0. The Bertz CT molecular complexity index is 537. The molecule has 5 nitrogen and oxygen atoms in total. The molecule has 1 aliphatic heterocycles. The first kappa shape index (κ1) is 16.7. The van der Waals surface area contributed by atoms with Gasteiger partial charge in [0.2, 0.25) is 0 Å². The topological polar surface area (TPSA) is 53.7 Å². The number of benzene rings is 1. The molecule has 1 heterocycles. The fraction of sp³-hybridized carbons (Fsp3) is 0.562. The predicted molar refractivity (Wildman–Crippen MR) is 84.3 cm³/mol. The standard InChI is InChI=1S/C16H23FN4O/c1-19-6-8-21(9-7-19)12-13(22)11-20(2)16-5-3-4-15(17)14(16)10-18/h3-5,13,22H,6-9,11-12H2,1-2H3/t13-/m1/s1. The molecule has 0 unspecified atom stereocenters. The summed E-state index contributed by atoms with van der Waals surface area (Å²) >= 11 is 0. The average molecular weight is 306 g/mol. The average Bonchev–Trinajstić information content (AvgIpc) is 2.49. The van der Waals surface area contributed by atoms with Crippen LogP contribution in [0.3, 0.4) is 0 Å². The minimum atomic E-state index is -0.539. The first-order chi connectivity index (χ1) is 10.5. The second-order valence-corrected chi connectivity index (χ2v) is 5.88. The van der Waals surface area contributed by atoms with E-state index in [0.717, 1.165) is 26.2 Å². The van der Waals surface area contributed by atoms with E-state index in [0.29, 0.717) is 18.8 Å². The predicted octanol–water partition coefficient (Wildman–Crippen LogP) is 0.742. The van der Waals surface area contributed by atoms with E-state index in [4.69, 9.17) is 5.26 Å². The summed E-state index contributed by atoms with van der Waals surface area (Å²) in [6.07, 6.45) is -0.539. The largest absolute Gasteiger partial charge is 0.390 e. The summed E-state index contributed by atoms with van der Waals surface area (Å²) < 4.78 is 13.6. The van der Waals surface area contributed by atoms with Gasteiger partial charge in [0.05, 0.1) is 11.8 Å². The van der Waals surface area contributed by atoms with Gasteiger partial charge in [-0.1, -0.05) is 6.07 Å². The Kier molecular flexibility index (Phi) is 5.72. The number of rotatable bonds is 5. The molecule has 0 amide bonds. The summed E-state index contributed by atoms with van der Waals surface area (Å²) in [6, 6.07) is 6.44. The molecule has 1 aromatic rings. The number of anilines is 1. The van der Waals surface area contributed by atoms with Crippen molar-refractivity contribution in [1.82, 2.24) is 9.80 Å². The summed E-state index contributed by atoms with van der Waals surface area (Å²) in [5, 5.41) is 19.3. The van der Waals surface area contributed by atoms with Crippen molar-refractivity contribution in [3.05, 3.63) is 29.6 Å². The fourth-order valence-corrected chi connectivity index (χ4v) is 2.74. The molecule has 6 heteroatoms. The Morgan fingerprint density at radius 1 is 1.36 bits per heavy atom. The van der Waals surface area contributed by atoms with Crippen molar-refractivity contribution < 1.29 is 9.50 Å². The smallest absolute Gasteiger partial charge is 0.143 e. The molecule has 2 rings (SSSR count). The van der Waals surface area contributed by atoms with Crippen LogP contribution in [0.4, 0.5) is 10.1 Å². The highest BCUT2D eigenvalue weighted by Crippen LogP contribution is 2.21. The number of nitriles is 1. The summed E-state index contributed by atoms with van der Waals surface area (Å²) in [6.45, 7) is 4.86. The van der Waals surface area contributed by atoms with Crippen molar-refractivity contribution in [1.29, 1.82) is 5.26 Å². The minimum absolute atomic E-state index is 0.0248. The molecule has 1 N–H and O–H groups in total. The maximum atomic E-state index is 13.6. The zero-order chi connectivity index (χ0) is 16.1. The quantitative estimate of drug-likeness (QED) is 0.870. The van der Waals surface area contributed by atoms with Crippen molar-refractivity contribution in [3.63, 3.8) is 0 Å². The van der Waals surface area contributed by atoms with Gasteiger partial charge in [-0.05, 0) is 19.2 Å². The van der Waals surface area contributed by atoms with Crippen molar-refractivity contribution in [3.8, 4) is 6.07 Å². The minimum Gasteiger partial charge on any atom is -0.390 e. The van der Waals surface area contributed by atoms with Crippen LogP contribution in [0.2, 0.25) is 0 Å². The van der Waals surface area contributed by atoms with Gasteiger partial charge in [-0.25, -0.2) is 4.39 Å². The molecule has 1 fully saturated rings. The second kappa shape index (κ2) is 7.54. The molecule has 0 aliphatic carbocycles. The zero-order valence-electron chi connectivity index (χ0n) is 13.2. The lowest BCUT2D eigenvalue weighted by molar-refractivity contribution is 0.0843. The van der Waals surface area contributed by atoms with E-state index in [2.05, 4.69) is 16.8 Å². The molecule has 0 bridgehead atoms. The van der Waals surface area contributed by atoms with Gasteiger partial charge in [0, 0.05) is 46.3 Å². The number of nitrogens with zero attached hydrogens (tertiary/aromatic N) is 4. The molecule has 0 saturated carbocycles. The first-order valence-corrected chi connectivity index (χ1v) is 7.50. The van der Waals surface area contributed by atoms with Crippen LogP contribution in [-0.2, 0) is 0 Å². The van der Waals surface area contributed by atoms with Gasteiger partial charge in [0.25, 0.3) is 0 Å². The van der Waals surface area contributed by atoms with Crippen LogP contribution in [0.1, 0.15) is 5.56 Å². The van der Waals surface area contributed by atoms with Crippen LogP contribution in [-0.4, -0.2) is 74.4 Å². The highest BCUT2D eigenvalue weighted by Gasteiger charge is 2.19. The van der Waals surface area contributed by atoms with Gasteiger partial charge >= 0.3 is 0 Å². The number of aliphatic hydroxyl groups excluding tert-OH is 1. The van der Waals surface area contributed by atoms with Crippen LogP contribution in [0.5, 0.6) is 0 Å². The van der Waals surface area contributed by atoms with Crippen LogP contribution in [0.15, 0.2) is 18.2 Å². The molecular weight excluding hydrogens is 283 g/mol. The van der Waals surface area contributed by atoms with Crippen LogP contribution in [0, 0.1) is 17.1 Å². The summed E-state index contributed by atoms with van der Waals surface area (Å²) in [5.41, 5.74) is 0.539. The van der Waals surface area contributed by atoms with E-state index >= 15 is 0 Å². The van der Waals surface area contributed by atoms with Crippen molar-refractivity contribution in [2.24, 2.45) is 0 Å². The zero-order valence-corrected chi connectivity index (χ0v) is 13.2. The van der Waals surface area contributed by atoms with Crippen LogP contribution in [0.25, 0.3) is 0 Å². The lowest BCUT2D eigenvalue weighted by Gasteiger charge is -2.34. The molecule has 1 saturated heterocycles. The highest BCUT2D eigenvalue weighted by molar-refractivity contribution is 5.59. The second-order valence-electron chi connectivity index (χ2n) is 5.88. The van der Waals surface area contributed by atoms with E-state index in [1.165, 1.54) is 6.07 Å². The van der Waals surface area contributed by atoms with Gasteiger partial charge in [-0.2, -0.15) is 5.26 Å². The van der Waals surface area contributed by atoms with E-state index in [-0.39, 0.29) is 5.56 Å². The number of hydrogen-bond acceptors (Lipinski definition) is 5. The maximum Gasteiger partial charge on any atom is 0.143 e. The third-order valence-electron chi connectivity index (χ3n) is 4.06. The molecule has 0 aromatic heterocycles. The van der Waals surface area contributed by atoms with Crippen LogP contribution >= 0.6 is 0 Å². The summed E-state index contributed by atoms with van der Waals surface area (Å²) in [7, 11) is 3.86. The number of likely N-dealkylation sites (N-methyl/N-ethyl adjacent to an activating group) is 2. The van der Waals surface area contributed by atoms with Gasteiger partial charge in [0.15, 0.2) is 0 Å². The molecule has 1 atom stereocenters. The third-order valence-corrected chi connectivity index (χ3v) is 4.06. The van der Waals surface area contributed by atoms with Gasteiger partial charge in [-0.3, -0.25) is 4.90 Å². The Morgan fingerprint density at radius 3 is 2.68 bits per heavy atom. The maximum absolute atomic E-state index is 13.6. The van der Waals surface area contributed by atoms with Gasteiger partial charge in [-0.15, -0.1) is 0 Å².